The Balaban J connectivity index is 2.70. The zero-order valence-electron chi connectivity index (χ0n) is 8.50. The molecule has 0 unspecified atom stereocenters. The van der Waals surface area contributed by atoms with Crippen molar-refractivity contribution in [1.82, 2.24) is 20.2 Å². The summed E-state index contributed by atoms with van der Waals surface area (Å²) in [6.07, 6.45) is 1.06. The van der Waals surface area contributed by atoms with Gasteiger partial charge in [0.1, 0.15) is 0 Å². The summed E-state index contributed by atoms with van der Waals surface area (Å²) in [4.78, 5) is 0. The first-order valence-corrected chi connectivity index (χ1v) is 7.81. The Morgan fingerprint density at radius 1 is 1.29 bits per heavy atom. The lowest BCUT2D eigenvalue weighted by molar-refractivity contribution is 0.586. The van der Waals surface area contributed by atoms with Gasteiger partial charge in [-0.05, 0) is 44.6 Å². The average Bonchev–Trinajstić information content (AvgIpc) is 2.69. The van der Waals surface area contributed by atoms with E-state index in [2.05, 4.69) is 47.4 Å². The molecule has 0 N–H and O–H groups in total. The van der Waals surface area contributed by atoms with E-state index in [0.717, 1.165) is 10.7 Å². The lowest BCUT2D eigenvalue weighted by Crippen LogP contribution is -2.09. The number of benzene rings is 1. The molecule has 0 spiro atoms. The van der Waals surface area contributed by atoms with Gasteiger partial charge in [-0.2, -0.15) is 4.68 Å². The van der Waals surface area contributed by atoms with Crippen LogP contribution in [0.15, 0.2) is 32.3 Å². The highest BCUT2D eigenvalue weighted by Gasteiger charge is 2.20. The highest BCUT2D eigenvalue weighted by Crippen LogP contribution is 2.25. The van der Waals surface area contributed by atoms with Crippen molar-refractivity contribution < 1.29 is 8.42 Å². The highest BCUT2D eigenvalue weighted by atomic mass is 79.9. The van der Waals surface area contributed by atoms with Gasteiger partial charge in [0.15, 0.2) is 0 Å². The van der Waals surface area contributed by atoms with Gasteiger partial charge in [-0.1, -0.05) is 21.0 Å². The molecular formula is C8H6Br2N4O2S. The maximum atomic E-state index is 11.5. The summed E-state index contributed by atoms with van der Waals surface area (Å²) in [7, 11) is -3.48. The molecule has 1 aromatic carbocycles. The molecule has 0 saturated heterocycles. The summed E-state index contributed by atoms with van der Waals surface area (Å²) in [5.41, 5.74) is 0.546. The minimum absolute atomic E-state index is 0.198. The van der Waals surface area contributed by atoms with E-state index >= 15 is 0 Å². The zero-order chi connectivity index (χ0) is 12.6. The zero-order valence-corrected chi connectivity index (χ0v) is 12.5. The first kappa shape index (κ1) is 12.7. The molecule has 90 valence electrons. The van der Waals surface area contributed by atoms with E-state index in [4.69, 9.17) is 0 Å². The Labute approximate surface area is 114 Å². The van der Waals surface area contributed by atoms with E-state index in [0.29, 0.717) is 10.2 Å². The van der Waals surface area contributed by atoms with Gasteiger partial charge in [0.25, 0.3) is 5.16 Å². The van der Waals surface area contributed by atoms with Crippen LogP contribution in [-0.2, 0) is 9.84 Å². The number of hydrogen-bond acceptors (Lipinski definition) is 5. The smallest absolute Gasteiger partial charge is 0.221 e. The number of nitrogens with zero attached hydrogens (tertiary/aromatic N) is 4. The molecule has 0 saturated carbocycles. The monoisotopic (exact) mass is 380 g/mol. The molecule has 2 rings (SSSR count). The van der Waals surface area contributed by atoms with E-state index in [9.17, 15) is 8.42 Å². The van der Waals surface area contributed by atoms with Gasteiger partial charge >= 0.3 is 0 Å². The Bertz CT molecular complexity index is 668. The molecule has 1 heterocycles. The fourth-order valence-electron chi connectivity index (χ4n) is 1.21. The van der Waals surface area contributed by atoms with Crippen LogP contribution < -0.4 is 0 Å². The van der Waals surface area contributed by atoms with Crippen molar-refractivity contribution in [2.45, 2.75) is 5.16 Å². The average molecular weight is 382 g/mol. The van der Waals surface area contributed by atoms with E-state index in [-0.39, 0.29) is 5.16 Å². The van der Waals surface area contributed by atoms with Gasteiger partial charge in [-0.3, -0.25) is 0 Å². The third-order valence-corrected chi connectivity index (χ3v) is 3.99. The molecule has 0 atom stereocenters. The van der Waals surface area contributed by atoms with Crippen LogP contribution in [0.1, 0.15) is 0 Å². The molecular weight excluding hydrogens is 376 g/mol. The van der Waals surface area contributed by atoms with Gasteiger partial charge in [0.2, 0.25) is 9.84 Å². The van der Waals surface area contributed by atoms with Crippen molar-refractivity contribution in [3.8, 4) is 5.69 Å². The van der Waals surface area contributed by atoms with Crippen LogP contribution in [0, 0.1) is 0 Å². The number of halogens is 2. The van der Waals surface area contributed by atoms with Crippen LogP contribution in [-0.4, -0.2) is 34.9 Å². The third kappa shape index (κ3) is 2.55. The number of aromatic nitrogens is 4. The molecule has 0 aliphatic heterocycles. The second-order valence-electron chi connectivity index (χ2n) is 3.24. The maximum absolute atomic E-state index is 11.5. The molecule has 9 heteroatoms. The lowest BCUT2D eigenvalue weighted by atomic mass is 10.3. The van der Waals surface area contributed by atoms with Crippen molar-refractivity contribution in [2.75, 3.05) is 6.26 Å². The van der Waals surface area contributed by atoms with Crippen LogP contribution in [0.25, 0.3) is 5.69 Å². The van der Waals surface area contributed by atoms with Gasteiger partial charge in [0.05, 0.1) is 5.69 Å². The van der Waals surface area contributed by atoms with Crippen LogP contribution >= 0.6 is 31.9 Å². The quantitative estimate of drug-likeness (QED) is 0.789. The normalized spacial score (nSPS) is 11.7. The molecule has 1 aromatic heterocycles. The molecule has 0 bridgehead atoms. The molecule has 0 fully saturated rings. The fourth-order valence-corrected chi connectivity index (χ4v) is 2.61. The summed E-state index contributed by atoms with van der Waals surface area (Å²) in [5, 5.41) is 10.4. The Morgan fingerprint density at radius 2 is 2.00 bits per heavy atom. The van der Waals surface area contributed by atoms with Gasteiger partial charge < -0.3 is 0 Å². The molecule has 0 aliphatic rings. The minimum atomic E-state index is -3.48. The van der Waals surface area contributed by atoms with Crippen molar-refractivity contribution in [1.29, 1.82) is 0 Å². The van der Waals surface area contributed by atoms with E-state index < -0.39 is 9.84 Å². The number of tetrazole rings is 1. The summed E-state index contributed by atoms with van der Waals surface area (Å²) >= 11 is 6.63. The third-order valence-electron chi connectivity index (χ3n) is 1.91. The predicted molar refractivity (Wildman–Crippen MR) is 67.7 cm³/mol. The van der Waals surface area contributed by atoms with Gasteiger partial charge in [0, 0.05) is 15.2 Å². The van der Waals surface area contributed by atoms with Crippen molar-refractivity contribution in [3.63, 3.8) is 0 Å². The SMILES string of the molecule is CS(=O)(=O)c1nnnn1-c1cc(Br)ccc1Br. The predicted octanol–water partition coefficient (Wildman–Crippen LogP) is 1.59. The lowest BCUT2D eigenvalue weighted by Gasteiger charge is -2.05. The van der Waals surface area contributed by atoms with Crippen molar-refractivity contribution in [3.05, 3.63) is 27.1 Å². The van der Waals surface area contributed by atoms with Crippen LogP contribution in [0.4, 0.5) is 0 Å². The van der Waals surface area contributed by atoms with Crippen molar-refractivity contribution in [2.24, 2.45) is 0 Å². The maximum Gasteiger partial charge on any atom is 0.272 e. The number of hydrogen-bond donors (Lipinski definition) is 0. The Hall–Kier alpha value is -0.800. The molecule has 0 radical (unpaired) electrons. The highest BCUT2D eigenvalue weighted by molar-refractivity contribution is 9.11. The number of rotatable bonds is 2. The summed E-state index contributed by atoms with van der Waals surface area (Å²) in [6.45, 7) is 0. The van der Waals surface area contributed by atoms with Gasteiger partial charge in [-0.15, -0.1) is 0 Å². The Morgan fingerprint density at radius 3 is 2.65 bits per heavy atom. The van der Waals surface area contributed by atoms with E-state index in [1.165, 1.54) is 4.68 Å². The first-order chi connectivity index (χ1) is 7.89. The standard InChI is InChI=1S/C8H6Br2N4O2S/c1-17(15,16)8-11-12-13-14(8)7-4-5(9)2-3-6(7)10/h2-4H,1H3. The number of sulfone groups is 1. The topological polar surface area (TPSA) is 77.7 Å². The van der Waals surface area contributed by atoms with Crippen LogP contribution in [0.3, 0.4) is 0 Å². The summed E-state index contributed by atoms with van der Waals surface area (Å²) in [5.74, 6) is 0. The second kappa shape index (κ2) is 4.46. The van der Waals surface area contributed by atoms with E-state index in [1.54, 1.807) is 12.1 Å². The fraction of sp³-hybridized carbons (Fsp3) is 0.125. The van der Waals surface area contributed by atoms with Crippen LogP contribution in [0.2, 0.25) is 0 Å². The van der Waals surface area contributed by atoms with Crippen molar-refractivity contribution >= 4 is 41.7 Å². The second-order valence-corrected chi connectivity index (χ2v) is 6.92. The summed E-state index contributed by atoms with van der Waals surface area (Å²) in [6, 6.07) is 5.31. The van der Waals surface area contributed by atoms with Gasteiger partial charge in [-0.25, -0.2) is 8.42 Å². The molecule has 2 aromatic rings. The minimum Gasteiger partial charge on any atom is -0.221 e. The summed E-state index contributed by atoms with van der Waals surface area (Å²) < 4.78 is 25.6. The first-order valence-electron chi connectivity index (χ1n) is 4.33. The molecule has 0 amide bonds. The Kier molecular flexibility index (Phi) is 3.32. The van der Waals surface area contributed by atoms with E-state index in [1.807, 2.05) is 6.07 Å². The molecule has 6 nitrogen and oxygen atoms in total. The largest absolute Gasteiger partial charge is 0.272 e. The molecule has 0 aliphatic carbocycles. The van der Waals surface area contributed by atoms with Crippen LogP contribution in [0.5, 0.6) is 0 Å². The molecule has 17 heavy (non-hydrogen) atoms.